The molecule has 68 valence electrons. The fraction of sp³-hybridized carbons (Fsp3) is 0.571. The van der Waals surface area contributed by atoms with E-state index in [-0.39, 0.29) is 5.69 Å². The number of aliphatic hydroxyl groups excluding tert-OH is 3. The summed E-state index contributed by atoms with van der Waals surface area (Å²) in [5.41, 5.74) is 0.231. The molecule has 0 aliphatic carbocycles. The molecule has 1 heterocycles. The van der Waals surface area contributed by atoms with Crippen molar-refractivity contribution in [3.05, 3.63) is 17.5 Å². The predicted molar refractivity (Wildman–Crippen MR) is 39.3 cm³/mol. The van der Waals surface area contributed by atoms with Gasteiger partial charge in [-0.05, 0) is 6.92 Å². The Morgan fingerprint density at radius 1 is 1.58 bits per heavy atom. The van der Waals surface area contributed by atoms with E-state index in [2.05, 4.69) is 9.68 Å². The van der Waals surface area contributed by atoms with Crippen molar-refractivity contribution in [2.45, 2.75) is 19.1 Å². The van der Waals surface area contributed by atoms with E-state index in [0.717, 1.165) is 0 Å². The van der Waals surface area contributed by atoms with Crippen molar-refractivity contribution in [3.63, 3.8) is 0 Å². The van der Waals surface area contributed by atoms with Crippen LogP contribution in [-0.4, -0.2) is 33.2 Å². The molecule has 0 aliphatic rings. The largest absolute Gasteiger partial charge is 0.394 e. The highest BCUT2D eigenvalue weighted by Gasteiger charge is 2.20. The number of aromatic nitrogens is 1. The maximum Gasteiger partial charge on any atom is 0.134 e. The Bertz CT molecular complexity index is 247. The number of nitrogens with zero attached hydrogens (tertiary/aromatic N) is 1. The second-order valence-electron chi connectivity index (χ2n) is 2.56. The van der Waals surface area contributed by atoms with E-state index in [1.54, 1.807) is 6.92 Å². The Labute approximate surface area is 69.2 Å². The maximum absolute atomic E-state index is 9.27. The van der Waals surface area contributed by atoms with Gasteiger partial charge in [0.15, 0.2) is 0 Å². The summed E-state index contributed by atoms with van der Waals surface area (Å²) in [5, 5.41) is 30.3. The summed E-state index contributed by atoms with van der Waals surface area (Å²) in [7, 11) is 0. The summed E-state index contributed by atoms with van der Waals surface area (Å²) in [6, 6.07) is 1.50. The van der Waals surface area contributed by atoms with E-state index >= 15 is 0 Å². The summed E-state index contributed by atoms with van der Waals surface area (Å²) >= 11 is 0. The monoisotopic (exact) mass is 173 g/mol. The zero-order chi connectivity index (χ0) is 9.14. The molecule has 0 spiro atoms. The molecule has 3 N–H and O–H groups in total. The lowest BCUT2D eigenvalue weighted by molar-refractivity contribution is -0.0185. The summed E-state index contributed by atoms with van der Waals surface area (Å²) in [5.74, 6) is 0.550. The molecule has 0 saturated heterocycles. The molecule has 0 bridgehead atoms. The van der Waals surface area contributed by atoms with Crippen molar-refractivity contribution in [1.82, 2.24) is 5.16 Å². The van der Waals surface area contributed by atoms with Gasteiger partial charge in [-0.25, -0.2) is 0 Å². The lowest BCUT2D eigenvalue weighted by atomic mass is 10.1. The standard InChI is InChI=1S/C7H11NO4/c1-4-2-5(8-12-4)7(11)6(10)3-9/h2,6-7,9-11H,3H2,1H3. The van der Waals surface area contributed by atoms with Crippen molar-refractivity contribution in [3.8, 4) is 0 Å². The molecule has 0 aliphatic heterocycles. The predicted octanol–water partition coefficient (Wildman–Crippen LogP) is -0.630. The molecule has 0 radical (unpaired) electrons. The van der Waals surface area contributed by atoms with Crippen molar-refractivity contribution in [2.24, 2.45) is 0 Å². The second kappa shape index (κ2) is 3.66. The van der Waals surface area contributed by atoms with Crippen molar-refractivity contribution in [2.75, 3.05) is 6.61 Å². The maximum atomic E-state index is 9.27. The number of aliphatic hydroxyl groups is 3. The second-order valence-corrected chi connectivity index (χ2v) is 2.56. The minimum absolute atomic E-state index is 0.231. The Hall–Kier alpha value is -0.910. The van der Waals surface area contributed by atoms with Gasteiger partial charge in [-0.2, -0.15) is 0 Å². The first-order valence-corrected chi connectivity index (χ1v) is 3.55. The average molecular weight is 173 g/mol. The van der Waals surface area contributed by atoms with Crippen LogP contribution in [0, 0.1) is 6.92 Å². The van der Waals surface area contributed by atoms with Crippen LogP contribution in [0.4, 0.5) is 0 Å². The first kappa shape index (κ1) is 9.18. The molecule has 5 heteroatoms. The summed E-state index contributed by atoms with van der Waals surface area (Å²) < 4.78 is 4.68. The van der Waals surface area contributed by atoms with Crippen LogP contribution in [-0.2, 0) is 0 Å². The summed E-state index contributed by atoms with van der Waals surface area (Å²) in [4.78, 5) is 0. The molecule has 1 aromatic rings. The van der Waals surface area contributed by atoms with Crippen LogP contribution in [0.25, 0.3) is 0 Å². The molecule has 0 saturated carbocycles. The Morgan fingerprint density at radius 3 is 2.67 bits per heavy atom. The smallest absolute Gasteiger partial charge is 0.134 e. The highest BCUT2D eigenvalue weighted by Crippen LogP contribution is 2.15. The first-order valence-electron chi connectivity index (χ1n) is 3.55. The summed E-state index contributed by atoms with van der Waals surface area (Å²) in [6.45, 7) is 1.17. The zero-order valence-corrected chi connectivity index (χ0v) is 6.64. The Morgan fingerprint density at radius 2 is 2.25 bits per heavy atom. The third-order valence-electron chi connectivity index (χ3n) is 1.50. The SMILES string of the molecule is Cc1cc(C(O)C(O)CO)no1. The molecule has 2 unspecified atom stereocenters. The van der Waals surface area contributed by atoms with Gasteiger partial charge in [-0.15, -0.1) is 0 Å². The third-order valence-corrected chi connectivity index (χ3v) is 1.50. The number of hydrogen-bond donors (Lipinski definition) is 3. The normalized spacial score (nSPS) is 16.0. The Kier molecular flexibility index (Phi) is 2.80. The fourth-order valence-corrected chi connectivity index (χ4v) is 0.822. The molecule has 12 heavy (non-hydrogen) atoms. The minimum Gasteiger partial charge on any atom is -0.394 e. The molecule has 5 nitrogen and oxygen atoms in total. The number of hydrogen-bond acceptors (Lipinski definition) is 5. The van der Waals surface area contributed by atoms with Crippen LogP contribution in [0.5, 0.6) is 0 Å². The highest BCUT2D eigenvalue weighted by atomic mass is 16.5. The van der Waals surface area contributed by atoms with Gasteiger partial charge in [0.1, 0.15) is 23.7 Å². The van der Waals surface area contributed by atoms with Crippen LogP contribution < -0.4 is 0 Å². The first-order chi connectivity index (χ1) is 5.65. The van der Waals surface area contributed by atoms with Crippen LogP contribution in [0.3, 0.4) is 0 Å². The van der Waals surface area contributed by atoms with Crippen molar-refractivity contribution < 1.29 is 19.8 Å². The molecule has 0 fully saturated rings. The van der Waals surface area contributed by atoms with E-state index in [4.69, 9.17) is 10.2 Å². The Balaban J connectivity index is 2.70. The topological polar surface area (TPSA) is 86.7 Å². The van der Waals surface area contributed by atoms with Gasteiger partial charge >= 0.3 is 0 Å². The van der Waals surface area contributed by atoms with Crippen molar-refractivity contribution in [1.29, 1.82) is 0 Å². The van der Waals surface area contributed by atoms with E-state index in [1.807, 2.05) is 0 Å². The van der Waals surface area contributed by atoms with Gasteiger partial charge in [-0.1, -0.05) is 5.16 Å². The van der Waals surface area contributed by atoms with E-state index in [0.29, 0.717) is 5.76 Å². The van der Waals surface area contributed by atoms with Crippen LogP contribution in [0.1, 0.15) is 17.6 Å². The average Bonchev–Trinajstić information content (AvgIpc) is 2.49. The van der Waals surface area contributed by atoms with Gasteiger partial charge in [0.05, 0.1) is 6.61 Å². The van der Waals surface area contributed by atoms with Crippen molar-refractivity contribution >= 4 is 0 Å². The van der Waals surface area contributed by atoms with E-state index in [9.17, 15) is 5.11 Å². The van der Waals surface area contributed by atoms with E-state index < -0.39 is 18.8 Å². The fourth-order valence-electron chi connectivity index (χ4n) is 0.822. The van der Waals surface area contributed by atoms with E-state index in [1.165, 1.54) is 6.07 Å². The zero-order valence-electron chi connectivity index (χ0n) is 6.64. The molecule has 0 aromatic carbocycles. The number of aryl methyl sites for hydroxylation is 1. The molecule has 1 aromatic heterocycles. The summed E-state index contributed by atoms with van der Waals surface area (Å²) in [6.07, 6.45) is -2.40. The number of rotatable bonds is 3. The minimum atomic E-state index is -1.21. The third kappa shape index (κ3) is 1.82. The molecule has 1 rings (SSSR count). The quantitative estimate of drug-likeness (QED) is 0.566. The van der Waals surface area contributed by atoms with Crippen LogP contribution >= 0.6 is 0 Å². The molecular weight excluding hydrogens is 162 g/mol. The van der Waals surface area contributed by atoms with Gasteiger partial charge in [0.2, 0.25) is 0 Å². The molecule has 0 amide bonds. The van der Waals surface area contributed by atoms with Crippen LogP contribution in [0.2, 0.25) is 0 Å². The van der Waals surface area contributed by atoms with Gasteiger partial charge in [0, 0.05) is 6.07 Å². The lowest BCUT2D eigenvalue weighted by Gasteiger charge is -2.11. The van der Waals surface area contributed by atoms with Gasteiger partial charge in [-0.3, -0.25) is 0 Å². The highest BCUT2D eigenvalue weighted by molar-refractivity contribution is 5.07. The van der Waals surface area contributed by atoms with Crippen LogP contribution in [0.15, 0.2) is 10.6 Å². The van der Waals surface area contributed by atoms with Gasteiger partial charge < -0.3 is 19.8 Å². The molecular formula is C7H11NO4. The molecule has 2 atom stereocenters. The lowest BCUT2D eigenvalue weighted by Crippen LogP contribution is -2.22. The van der Waals surface area contributed by atoms with Gasteiger partial charge in [0.25, 0.3) is 0 Å².